The van der Waals surface area contributed by atoms with Crippen LogP contribution in [0.25, 0.3) is 0 Å². The normalized spacial score (nSPS) is 13.6. The molecule has 43 heavy (non-hydrogen) atoms. The fourth-order valence-corrected chi connectivity index (χ4v) is 5.24. The highest BCUT2D eigenvalue weighted by Gasteiger charge is 2.19. The number of carbonyl (C=O) groups is 2. The number of anilines is 2. The van der Waals surface area contributed by atoms with Crippen LogP contribution in [0.2, 0.25) is 0 Å². The zero-order chi connectivity index (χ0) is 30.6. The summed E-state index contributed by atoms with van der Waals surface area (Å²) in [6.07, 6.45) is 4.77. The van der Waals surface area contributed by atoms with Crippen molar-refractivity contribution in [1.29, 1.82) is 0 Å². The van der Waals surface area contributed by atoms with Gasteiger partial charge in [-0.3, -0.25) is 9.59 Å². The van der Waals surface area contributed by atoms with E-state index in [4.69, 9.17) is 0 Å². The molecule has 3 aromatic carbocycles. The third-order valence-electron chi connectivity index (χ3n) is 7.78. The molecule has 4 rings (SSSR count). The van der Waals surface area contributed by atoms with Gasteiger partial charge in [0.2, 0.25) is 0 Å². The van der Waals surface area contributed by atoms with Crippen molar-refractivity contribution in [2.45, 2.75) is 39.7 Å². The van der Waals surface area contributed by atoms with Gasteiger partial charge in [-0.1, -0.05) is 38.1 Å². The number of carbonyl (C=O) groups excluding carboxylic acids is 2. The number of hydrazone groups is 1. The van der Waals surface area contributed by atoms with E-state index < -0.39 is 5.91 Å². The van der Waals surface area contributed by atoms with Crippen molar-refractivity contribution >= 4 is 29.4 Å². The standard InChI is InChI=1S/C34H43FN6O2/c1-4-40(5-2)20-19-39(3)25-27-12-9-13-28(21-27)33(42)37-32-16-15-30(41-17-7-6-8-18-41)23-31(32)34(43)38-36-24-26-11-10-14-29(35)22-26/h9-16,21-24H,4-8,17-20,25H2,1-3H3,(H,37,42)(H,38,43). The molecule has 9 heteroatoms. The zero-order valence-corrected chi connectivity index (χ0v) is 25.5. The van der Waals surface area contributed by atoms with Crippen LogP contribution >= 0.6 is 0 Å². The van der Waals surface area contributed by atoms with E-state index in [0.717, 1.165) is 69.9 Å². The third-order valence-corrected chi connectivity index (χ3v) is 7.78. The minimum Gasteiger partial charge on any atom is -0.372 e. The maximum Gasteiger partial charge on any atom is 0.273 e. The topological polar surface area (TPSA) is 80.3 Å². The highest BCUT2D eigenvalue weighted by atomic mass is 19.1. The lowest BCUT2D eigenvalue weighted by Crippen LogP contribution is -2.32. The van der Waals surface area contributed by atoms with Gasteiger partial charge in [0.05, 0.1) is 17.5 Å². The third kappa shape index (κ3) is 9.46. The molecule has 1 aliphatic rings. The van der Waals surface area contributed by atoms with Crippen LogP contribution in [0.15, 0.2) is 71.8 Å². The molecule has 0 atom stereocenters. The van der Waals surface area contributed by atoms with Crippen molar-refractivity contribution in [3.63, 3.8) is 0 Å². The molecule has 0 saturated carbocycles. The predicted octanol–water partition coefficient (Wildman–Crippen LogP) is 5.61. The van der Waals surface area contributed by atoms with Crippen LogP contribution in [0, 0.1) is 5.82 Å². The highest BCUT2D eigenvalue weighted by molar-refractivity contribution is 6.09. The minimum absolute atomic E-state index is 0.296. The molecule has 2 amide bonds. The Bertz CT molecular complexity index is 1400. The van der Waals surface area contributed by atoms with Crippen molar-refractivity contribution in [2.75, 3.05) is 56.5 Å². The van der Waals surface area contributed by atoms with Crippen LogP contribution < -0.4 is 15.6 Å². The van der Waals surface area contributed by atoms with Crippen LogP contribution in [0.1, 0.15) is 65.0 Å². The second-order valence-corrected chi connectivity index (χ2v) is 11.0. The van der Waals surface area contributed by atoms with Crippen LogP contribution in [0.5, 0.6) is 0 Å². The number of piperidine rings is 1. The van der Waals surface area contributed by atoms with E-state index in [1.54, 1.807) is 30.3 Å². The lowest BCUT2D eigenvalue weighted by molar-refractivity contribution is 0.0956. The number of nitrogens with zero attached hydrogens (tertiary/aromatic N) is 4. The van der Waals surface area contributed by atoms with E-state index in [1.807, 2.05) is 24.3 Å². The van der Waals surface area contributed by atoms with Gasteiger partial charge in [-0.15, -0.1) is 0 Å². The molecule has 0 aromatic heterocycles. The van der Waals surface area contributed by atoms with Gasteiger partial charge in [-0.2, -0.15) is 5.10 Å². The molecule has 0 bridgehead atoms. The molecule has 1 heterocycles. The number of nitrogens with one attached hydrogen (secondary N) is 2. The van der Waals surface area contributed by atoms with Crippen LogP contribution in [-0.2, 0) is 6.54 Å². The summed E-state index contributed by atoms with van der Waals surface area (Å²) in [6.45, 7) is 10.9. The van der Waals surface area contributed by atoms with E-state index in [9.17, 15) is 14.0 Å². The number of rotatable bonds is 13. The number of hydrogen-bond donors (Lipinski definition) is 2. The van der Waals surface area contributed by atoms with Crippen molar-refractivity contribution in [2.24, 2.45) is 5.10 Å². The SMILES string of the molecule is CCN(CC)CCN(C)Cc1cccc(C(=O)Nc2ccc(N3CCCCC3)cc2C(=O)NN=Cc2cccc(F)c2)c1. The minimum atomic E-state index is -0.467. The molecule has 0 aliphatic carbocycles. The quantitative estimate of drug-likeness (QED) is 0.201. The summed E-state index contributed by atoms with van der Waals surface area (Å²) < 4.78 is 13.5. The monoisotopic (exact) mass is 586 g/mol. The van der Waals surface area contributed by atoms with Crippen molar-refractivity contribution < 1.29 is 14.0 Å². The molecular weight excluding hydrogens is 543 g/mol. The molecule has 3 aromatic rings. The van der Waals surface area contributed by atoms with Crippen molar-refractivity contribution in [3.8, 4) is 0 Å². The average molecular weight is 587 g/mol. The second kappa shape index (κ2) is 16.0. The first-order valence-electron chi connectivity index (χ1n) is 15.2. The Morgan fingerprint density at radius 2 is 1.70 bits per heavy atom. The Labute approximate surface area is 254 Å². The molecule has 8 nitrogen and oxygen atoms in total. The Hall–Kier alpha value is -4.08. The van der Waals surface area contributed by atoms with E-state index in [-0.39, 0.29) is 11.7 Å². The number of halogens is 1. The van der Waals surface area contributed by atoms with Gasteiger partial charge in [-0.05, 0) is 93.0 Å². The Morgan fingerprint density at radius 3 is 2.44 bits per heavy atom. The maximum atomic E-state index is 13.5. The molecule has 0 unspecified atom stereocenters. The zero-order valence-electron chi connectivity index (χ0n) is 25.5. The molecule has 1 aliphatic heterocycles. The van der Waals surface area contributed by atoms with E-state index in [0.29, 0.717) is 22.4 Å². The first-order chi connectivity index (χ1) is 20.9. The van der Waals surface area contributed by atoms with Gasteiger partial charge in [0.15, 0.2) is 0 Å². The number of benzene rings is 3. The molecule has 1 saturated heterocycles. The molecular formula is C34H43FN6O2. The highest BCUT2D eigenvalue weighted by Crippen LogP contribution is 2.26. The summed E-state index contributed by atoms with van der Waals surface area (Å²) >= 11 is 0. The number of amides is 2. The van der Waals surface area contributed by atoms with Crippen LogP contribution in [-0.4, -0.2) is 74.1 Å². The summed E-state index contributed by atoms with van der Waals surface area (Å²) in [6, 6.07) is 19.0. The Kier molecular flexibility index (Phi) is 11.8. The van der Waals surface area contributed by atoms with Crippen molar-refractivity contribution in [1.82, 2.24) is 15.2 Å². The molecule has 0 spiro atoms. The summed E-state index contributed by atoms with van der Waals surface area (Å²) in [4.78, 5) is 33.6. The van der Waals surface area contributed by atoms with Gasteiger partial charge in [-0.25, -0.2) is 9.82 Å². The lowest BCUT2D eigenvalue weighted by atomic mass is 10.1. The number of hydrogen-bond acceptors (Lipinski definition) is 6. The first-order valence-corrected chi connectivity index (χ1v) is 15.2. The fourth-order valence-electron chi connectivity index (χ4n) is 5.24. The Balaban J connectivity index is 1.49. The molecule has 1 fully saturated rings. The first kappa shape index (κ1) is 31.8. The maximum absolute atomic E-state index is 13.5. The lowest BCUT2D eigenvalue weighted by Gasteiger charge is -2.29. The average Bonchev–Trinajstić information content (AvgIpc) is 3.02. The summed E-state index contributed by atoms with van der Waals surface area (Å²) in [5, 5.41) is 6.98. The van der Waals surface area contributed by atoms with Gasteiger partial charge in [0, 0.05) is 44.0 Å². The Morgan fingerprint density at radius 1 is 0.930 bits per heavy atom. The van der Waals surface area contributed by atoms with Gasteiger partial charge in [0.25, 0.3) is 11.8 Å². The largest absolute Gasteiger partial charge is 0.372 e. The van der Waals surface area contributed by atoms with E-state index in [2.05, 4.69) is 51.4 Å². The number of likely N-dealkylation sites (N-methyl/N-ethyl adjacent to an activating group) is 2. The van der Waals surface area contributed by atoms with E-state index >= 15 is 0 Å². The second-order valence-electron chi connectivity index (χ2n) is 11.0. The van der Waals surface area contributed by atoms with Gasteiger partial charge >= 0.3 is 0 Å². The summed E-state index contributed by atoms with van der Waals surface area (Å²) in [7, 11) is 2.09. The van der Waals surface area contributed by atoms with Gasteiger partial charge in [0.1, 0.15) is 5.82 Å². The smallest absolute Gasteiger partial charge is 0.273 e. The van der Waals surface area contributed by atoms with E-state index in [1.165, 1.54) is 24.8 Å². The van der Waals surface area contributed by atoms with Crippen LogP contribution in [0.3, 0.4) is 0 Å². The van der Waals surface area contributed by atoms with Crippen LogP contribution in [0.4, 0.5) is 15.8 Å². The predicted molar refractivity (Wildman–Crippen MR) is 172 cm³/mol. The summed E-state index contributed by atoms with van der Waals surface area (Å²) in [5.41, 5.74) is 6.24. The molecule has 228 valence electrons. The van der Waals surface area contributed by atoms with Crippen molar-refractivity contribution in [3.05, 3.63) is 94.8 Å². The summed E-state index contributed by atoms with van der Waals surface area (Å²) in [5.74, 6) is -1.15. The van der Waals surface area contributed by atoms with Gasteiger partial charge < -0.3 is 20.0 Å². The molecule has 2 N–H and O–H groups in total. The molecule has 0 radical (unpaired) electrons. The fraction of sp³-hybridized carbons (Fsp3) is 0.382.